The highest BCUT2D eigenvalue weighted by Crippen LogP contribution is 2.57. The molecule has 3 rings (SSSR count). The second kappa shape index (κ2) is 5.16. The number of carboxylic acid groups (broad SMARTS) is 1. The molecule has 1 unspecified atom stereocenters. The molecule has 2 fully saturated rings. The smallest absolute Gasteiger partial charge is 0.337 e. The van der Waals surface area contributed by atoms with Crippen LogP contribution in [0, 0.1) is 5.41 Å². The minimum atomic E-state index is -0.906. The normalized spacial score (nSPS) is 24.9. The van der Waals surface area contributed by atoms with E-state index < -0.39 is 5.97 Å². The second-order valence-electron chi connectivity index (χ2n) is 5.76. The fourth-order valence-corrected chi connectivity index (χ4v) is 4.80. The molecule has 2 aliphatic rings. The summed E-state index contributed by atoms with van der Waals surface area (Å²) in [6.45, 7) is 0. The molecule has 0 amide bonds. The molecule has 1 N–H and O–H groups in total. The monoisotopic (exact) mass is 277 g/mol. The van der Waals surface area contributed by atoms with Gasteiger partial charge >= 0.3 is 5.97 Å². The number of pyridine rings is 1. The molecule has 1 aromatic rings. The van der Waals surface area contributed by atoms with E-state index >= 15 is 0 Å². The number of carbonyl (C=O) groups is 1. The summed E-state index contributed by atoms with van der Waals surface area (Å²) in [6.07, 6.45) is 11.0. The van der Waals surface area contributed by atoms with Crippen LogP contribution < -0.4 is 0 Å². The molecule has 0 bridgehead atoms. The van der Waals surface area contributed by atoms with Crippen LogP contribution in [-0.4, -0.2) is 21.3 Å². The van der Waals surface area contributed by atoms with Gasteiger partial charge < -0.3 is 5.11 Å². The van der Waals surface area contributed by atoms with Gasteiger partial charge in [0.2, 0.25) is 0 Å². The Morgan fingerprint density at radius 1 is 1.26 bits per heavy atom. The van der Waals surface area contributed by atoms with E-state index in [-0.39, 0.29) is 5.56 Å². The van der Waals surface area contributed by atoms with E-state index in [0.717, 1.165) is 5.03 Å². The summed E-state index contributed by atoms with van der Waals surface area (Å²) in [5.41, 5.74) is 0.834. The third-order valence-corrected chi connectivity index (χ3v) is 6.19. The zero-order valence-electron chi connectivity index (χ0n) is 11.0. The van der Waals surface area contributed by atoms with Crippen LogP contribution in [0.4, 0.5) is 0 Å². The van der Waals surface area contributed by atoms with Crippen LogP contribution in [0.15, 0.2) is 23.4 Å². The summed E-state index contributed by atoms with van der Waals surface area (Å²) in [5, 5.41) is 10.5. The maximum Gasteiger partial charge on any atom is 0.337 e. The highest BCUT2D eigenvalue weighted by Gasteiger charge is 2.47. The van der Waals surface area contributed by atoms with Crippen LogP contribution in [0.2, 0.25) is 0 Å². The van der Waals surface area contributed by atoms with E-state index in [1.54, 1.807) is 6.07 Å². The first-order valence-electron chi connectivity index (χ1n) is 7.06. The van der Waals surface area contributed by atoms with Gasteiger partial charge in [-0.15, -0.1) is 11.8 Å². The number of thioether (sulfide) groups is 1. The number of hydrogen-bond donors (Lipinski definition) is 1. The lowest BCUT2D eigenvalue weighted by Gasteiger charge is -2.51. The molecule has 2 saturated carbocycles. The first kappa shape index (κ1) is 13.0. The van der Waals surface area contributed by atoms with Crippen molar-refractivity contribution in [3.8, 4) is 0 Å². The quantitative estimate of drug-likeness (QED) is 0.907. The van der Waals surface area contributed by atoms with Crippen molar-refractivity contribution in [2.75, 3.05) is 0 Å². The maximum absolute atomic E-state index is 10.8. The lowest BCUT2D eigenvalue weighted by molar-refractivity contribution is 0.0696. The molecule has 102 valence electrons. The average molecular weight is 277 g/mol. The number of rotatable bonds is 3. The minimum absolute atomic E-state index is 0.269. The van der Waals surface area contributed by atoms with Gasteiger partial charge in [-0.1, -0.05) is 19.3 Å². The van der Waals surface area contributed by atoms with Crippen molar-refractivity contribution in [3.63, 3.8) is 0 Å². The Kier molecular flexibility index (Phi) is 3.52. The lowest BCUT2D eigenvalue weighted by Crippen LogP contribution is -2.44. The first-order valence-corrected chi connectivity index (χ1v) is 7.94. The molecule has 1 atom stereocenters. The van der Waals surface area contributed by atoms with E-state index in [1.807, 2.05) is 17.8 Å². The molecule has 0 saturated heterocycles. The van der Waals surface area contributed by atoms with Crippen molar-refractivity contribution in [2.24, 2.45) is 5.41 Å². The lowest BCUT2D eigenvalue weighted by atomic mass is 9.60. The topological polar surface area (TPSA) is 50.2 Å². The van der Waals surface area contributed by atoms with Crippen LogP contribution in [-0.2, 0) is 0 Å². The fourth-order valence-electron chi connectivity index (χ4n) is 3.40. The molecule has 1 spiro atoms. The fraction of sp³-hybridized carbons (Fsp3) is 0.600. The Morgan fingerprint density at radius 3 is 2.58 bits per heavy atom. The zero-order valence-corrected chi connectivity index (χ0v) is 11.8. The van der Waals surface area contributed by atoms with Crippen LogP contribution in [0.25, 0.3) is 0 Å². The first-order chi connectivity index (χ1) is 9.20. The van der Waals surface area contributed by atoms with Gasteiger partial charge in [-0.05, 0) is 43.2 Å². The Balaban J connectivity index is 1.66. The maximum atomic E-state index is 10.8. The van der Waals surface area contributed by atoms with Crippen molar-refractivity contribution in [2.45, 2.75) is 55.2 Å². The summed E-state index contributed by atoms with van der Waals surface area (Å²) < 4.78 is 0. The van der Waals surface area contributed by atoms with Crippen LogP contribution >= 0.6 is 11.8 Å². The van der Waals surface area contributed by atoms with Gasteiger partial charge in [0.05, 0.1) is 10.6 Å². The van der Waals surface area contributed by atoms with E-state index in [0.29, 0.717) is 10.7 Å². The number of hydrogen-bond acceptors (Lipinski definition) is 3. The van der Waals surface area contributed by atoms with Crippen molar-refractivity contribution in [1.82, 2.24) is 4.98 Å². The SMILES string of the molecule is O=C(O)c1ccc(SC2CCC23CCCCC3)nc1. The molecule has 3 nitrogen and oxygen atoms in total. The molecular weight excluding hydrogens is 258 g/mol. The summed E-state index contributed by atoms with van der Waals surface area (Å²) in [4.78, 5) is 15.1. The van der Waals surface area contributed by atoms with E-state index in [9.17, 15) is 4.79 Å². The van der Waals surface area contributed by atoms with Gasteiger partial charge in [0.1, 0.15) is 0 Å². The third-order valence-electron chi connectivity index (χ3n) is 4.68. The minimum Gasteiger partial charge on any atom is -0.478 e. The number of aromatic carboxylic acids is 1. The largest absolute Gasteiger partial charge is 0.478 e. The molecule has 4 heteroatoms. The van der Waals surface area contributed by atoms with Gasteiger partial charge in [-0.2, -0.15) is 0 Å². The molecule has 0 aliphatic heterocycles. The van der Waals surface area contributed by atoms with Gasteiger partial charge in [0.25, 0.3) is 0 Å². The predicted octanol–water partition coefficient (Wildman–Crippen LogP) is 3.98. The average Bonchev–Trinajstić information content (AvgIpc) is 2.45. The number of aromatic nitrogens is 1. The van der Waals surface area contributed by atoms with E-state index in [1.165, 1.54) is 51.1 Å². The Morgan fingerprint density at radius 2 is 2.05 bits per heavy atom. The second-order valence-corrected chi connectivity index (χ2v) is 6.98. The predicted molar refractivity (Wildman–Crippen MR) is 75.6 cm³/mol. The van der Waals surface area contributed by atoms with Gasteiger partial charge in [-0.3, -0.25) is 0 Å². The molecular formula is C15H19NO2S. The Hall–Kier alpha value is -1.03. The van der Waals surface area contributed by atoms with E-state index in [4.69, 9.17) is 5.11 Å². The third kappa shape index (κ3) is 2.50. The summed E-state index contributed by atoms with van der Waals surface area (Å²) in [5.74, 6) is -0.906. The van der Waals surface area contributed by atoms with E-state index in [2.05, 4.69) is 4.98 Å². The molecule has 19 heavy (non-hydrogen) atoms. The molecule has 0 aromatic carbocycles. The Bertz CT molecular complexity index is 466. The standard InChI is InChI=1S/C15H19NO2S/c17-14(18)11-4-5-13(16-10-11)19-12-6-9-15(12)7-2-1-3-8-15/h4-5,10,12H,1-3,6-9H2,(H,17,18). The summed E-state index contributed by atoms with van der Waals surface area (Å²) >= 11 is 1.85. The van der Waals surface area contributed by atoms with Crippen molar-refractivity contribution in [3.05, 3.63) is 23.9 Å². The van der Waals surface area contributed by atoms with Gasteiger partial charge in [0, 0.05) is 11.4 Å². The van der Waals surface area contributed by atoms with Crippen molar-refractivity contribution in [1.29, 1.82) is 0 Å². The summed E-state index contributed by atoms with van der Waals surface area (Å²) in [7, 11) is 0. The van der Waals surface area contributed by atoms with Crippen LogP contribution in [0.1, 0.15) is 55.3 Å². The van der Waals surface area contributed by atoms with Crippen molar-refractivity contribution < 1.29 is 9.90 Å². The molecule has 2 aliphatic carbocycles. The number of nitrogens with zero attached hydrogens (tertiary/aromatic N) is 1. The van der Waals surface area contributed by atoms with Gasteiger partial charge in [0.15, 0.2) is 0 Å². The highest BCUT2D eigenvalue weighted by atomic mass is 32.2. The van der Waals surface area contributed by atoms with Gasteiger partial charge in [-0.25, -0.2) is 9.78 Å². The Labute approximate surface area is 117 Å². The molecule has 0 radical (unpaired) electrons. The number of carboxylic acids is 1. The van der Waals surface area contributed by atoms with Crippen LogP contribution in [0.3, 0.4) is 0 Å². The molecule has 1 heterocycles. The summed E-state index contributed by atoms with van der Waals surface area (Å²) in [6, 6.07) is 3.51. The highest BCUT2D eigenvalue weighted by molar-refractivity contribution is 8.00. The molecule has 1 aromatic heterocycles. The van der Waals surface area contributed by atoms with Crippen LogP contribution in [0.5, 0.6) is 0 Å². The van der Waals surface area contributed by atoms with Crippen molar-refractivity contribution >= 4 is 17.7 Å². The zero-order chi connectivity index (χ0) is 13.3.